The fourth-order valence-electron chi connectivity index (χ4n) is 2.23. The minimum atomic E-state index is -0.0518. The molecule has 0 saturated heterocycles. The number of unbranched alkanes of at least 4 members (excludes halogenated alkanes) is 1. The summed E-state index contributed by atoms with van der Waals surface area (Å²) in [5.41, 5.74) is 6.56. The second kappa shape index (κ2) is 8.70. The third-order valence-electron chi connectivity index (χ3n) is 3.58. The molecule has 0 spiro atoms. The van der Waals surface area contributed by atoms with Crippen LogP contribution in [0.2, 0.25) is 0 Å². The second-order valence-corrected chi connectivity index (χ2v) is 5.06. The zero-order valence-corrected chi connectivity index (χ0v) is 12.1. The Labute approximate surface area is 116 Å². The van der Waals surface area contributed by atoms with Gasteiger partial charge in [-0.3, -0.25) is 4.79 Å². The van der Waals surface area contributed by atoms with Gasteiger partial charge in [0.1, 0.15) is 0 Å². The van der Waals surface area contributed by atoms with Crippen LogP contribution in [0, 0.1) is 5.92 Å². The summed E-state index contributed by atoms with van der Waals surface area (Å²) in [6.07, 6.45) is 2.90. The highest BCUT2D eigenvalue weighted by molar-refractivity contribution is 5.83. The molecule has 3 nitrogen and oxygen atoms in total. The molecule has 2 atom stereocenters. The van der Waals surface area contributed by atoms with Gasteiger partial charge in [0.15, 0.2) is 0 Å². The van der Waals surface area contributed by atoms with Gasteiger partial charge in [0.2, 0.25) is 5.91 Å². The molecule has 3 heteroatoms. The lowest BCUT2D eigenvalue weighted by Crippen LogP contribution is -2.33. The van der Waals surface area contributed by atoms with E-state index in [9.17, 15) is 4.79 Å². The summed E-state index contributed by atoms with van der Waals surface area (Å²) in [6, 6.07) is 10.0. The Bertz CT molecular complexity index is 364. The van der Waals surface area contributed by atoms with Gasteiger partial charge in [-0.25, -0.2) is 0 Å². The van der Waals surface area contributed by atoms with Crippen molar-refractivity contribution in [1.29, 1.82) is 0 Å². The maximum atomic E-state index is 12.4. The monoisotopic (exact) mass is 262 g/mol. The highest BCUT2D eigenvalue weighted by Gasteiger charge is 2.25. The topological polar surface area (TPSA) is 55.1 Å². The molecule has 0 saturated carbocycles. The molecule has 1 aromatic rings. The van der Waals surface area contributed by atoms with Gasteiger partial charge in [-0.1, -0.05) is 50.6 Å². The SMILES string of the molecule is CCC(C)C(C(=O)NCCCCN)c1ccccc1. The summed E-state index contributed by atoms with van der Waals surface area (Å²) in [5.74, 6) is 0.429. The van der Waals surface area contributed by atoms with Crippen molar-refractivity contribution >= 4 is 5.91 Å². The van der Waals surface area contributed by atoms with Crippen LogP contribution in [-0.2, 0) is 4.79 Å². The van der Waals surface area contributed by atoms with E-state index in [1.807, 2.05) is 30.3 Å². The molecule has 0 radical (unpaired) electrons. The van der Waals surface area contributed by atoms with Gasteiger partial charge in [0.05, 0.1) is 5.92 Å². The maximum Gasteiger partial charge on any atom is 0.227 e. The van der Waals surface area contributed by atoms with E-state index >= 15 is 0 Å². The van der Waals surface area contributed by atoms with E-state index in [0.717, 1.165) is 31.4 Å². The molecule has 2 unspecified atom stereocenters. The van der Waals surface area contributed by atoms with Crippen LogP contribution in [0.15, 0.2) is 30.3 Å². The summed E-state index contributed by atoms with van der Waals surface area (Å²) in [7, 11) is 0. The predicted octanol–water partition coefficient (Wildman–Crippen LogP) is 2.67. The first-order valence-electron chi connectivity index (χ1n) is 7.23. The van der Waals surface area contributed by atoms with Crippen LogP contribution < -0.4 is 11.1 Å². The summed E-state index contributed by atoms with van der Waals surface area (Å²) in [5, 5.41) is 3.04. The van der Waals surface area contributed by atoms with E-state index < -0.39 is 0 Å². The summed E-state index contributed by atoms with van der Waals surface area (Å²) in [6.45, 7) is 5.67. The van der Waals surface area contributed by atoms with E-state index in [1.54, 1.807) is 0 Å². The van der Waals surface area contributed by atoms with Gasteiger partial charge in [-0.15, -0.1) is 0 Å². The normalized spacial score (nSPS) is 13.8. The van der Waals surface area contributed by atoms with Crippen molar-refractivity contribution < 1.29 is 4.79 Å². The Morgan fingerprint density at radius 1 is 1.26 bits per heavy atom. The number of benzene rings is 1. The zero-order chi connectivity index (χ0) is 14.1. The Kier molecular flexibility index (Phi) is 7.19. The van der Waals surface area contributed by atoms with Crippen LogP contribution >= 0.6 is 0 Å². The molecule has 106 valence electrons. The third kappa shape index (κ3) is 5.03. The molecule has 3 N–H and O–H groups in total. The van der Waals surface area contributed by atoms with Crippen molar-refractivity contribution in [3.63, 3.8) is 0 Å². The average Bonchev–Trinajstić information content (AvgIpc) is 2.45. The molecular formula is C16H26N2O. The second-order valence-electron chi connectivity index (χ2n) is 5.06. The summed E-state index contributed by atoms with van der Waals surface area (Å²) < 4.78 is 0. The molecule has 0 aliphatic heterocycles. The van der Waals surface area contributed by atoms with E-state index in [1.165, 1.54) is 0 Å². The van der Waals surface area contributed by atoms with Gasteiger partial charge in [-0.2, -0.15) is 0 Å². The number of hydrogen-bond donors (Lipinski definition) is 2. The minimum absolute atomic E-state index is 0.0518. The first-order chi connectivity index (χ1) is 9.20. The summed E-state index contributed by atoms with van der Waals surface area (Å²) in [4.78, 5) is 12.4. The summed E-state index contributed by atoms with van der Waals surface area (Å²) >= 11 is 0. The molecule has 0 bridgehead atoms. The van der Waals surface area contributed by atoms with E-state index in [0.29, 0.717) is 12.5 Å². The Hall–Kier alpha value is -1.35. The van der Waals surface area contributed by atoms with Crippen LogP contribution in [0.25, 0.3) is 0 Å². The number of nitrogens with two attached hydrogens (primary N) is 1. The number of carbonyl (C=O) groups is 1. The average molecular weight is 262 g/mol. The van der Waals surface area contributed by atoms with E-state index in [-0.39, 0.29) is 11.8 Å². The molecule has 0 heterocycles. The Balaban J connectivity index is 2.67. The van der Waals surface area contributed by atoms with Gasteiger partial charge < -0.3 is 11.1 Å². The first kappa shape index (κ1) is 15.7. The number of carbonyl (C=O) groups excluding carboxylic acids is 1. The first-order valence-corrected chi connectivity index (χ1v) is 7.23. The lowest BCUT2D eigenvalue weighted by atomic mass is 9.85. The number of rotatable bonds is 8. The van der Waals surface area contributed by atoms with Gasteiger partial charge in [0.25, 0.3) is 0 Å². The lowest BCUT2D eigenvalue weighted by molar-refractivity contribution is -0.123. The van der Waals surface area contributed by atoms with Gasteiger partial charge in [-0.05, 0) is 30.9 Å². The van der Waals surface area contributed by atoms with Crippen molar-refractivity contribution in [3.05, 3.63) is 35.9 Å². The molecule has 1 aromatic carbocycles. The molecule has 0 aromatic heterocycles. The largest absolute Gasteiger partial charge is 0.356 e. The Morgan fingerprint density at radius 2 is 1.95 bits per heavy atom. The van der Waals surface area contributed by atoms with Gasteiger partial charge >= 0.3 is 0 Å². The molecule has 0 aliphatic carbocycles. The highest BCUT2D eigenvalue weighted by Crippen LogP contribution is 2.27. The molecule has 1 amide bonds. The number of amides is 1. The highest BCUT2D eigenvalue weighted by atomic mass is 16.1. The van der Waals surface area contributed by atoms with Crippen molar-refractivity contribution in [2.75, 3.05) is 13.1 Å². The molecular weight excluding hydrogens is 236 g/mol. The molecule has 19 heavy (non-hydrogen) atoms. The minimum Gasteiger partial charge on any atom is -0.356 e. The predicted molar refractivity (Wildman–Crippen MR) is 79.9 cm³/mol. The van der Waals surface area contributed by atoms with Crippen LogP contribution in [0.1, 0.15) is 44.6 Å². The van der Waals surface area contributed by atoms with Gasteiger partial charge in [0, 0.05) is 6.54 Å². The smallest absolute Gasteiger partial charge is 0.227 e. The van der Waals surface area contributed by atoms with E-state index in [4.69, 9.17) is 5.73 Å². The fourth-order valence-corrected chi connectivity index (χ4v) is 2.23. The standard InChI is InChI=1S/C16H26N2O/c1-3-13(2)15(14-9-5-4-6-10-14)16(19)18-12-8-7-11-17/h4-6,9-10,13,15H,3,7-8,11-12,17H2,1-2H3,(H,18,19). The van der Waals surface area contributed by atoms with Crippen molar-refractivity contribution in [1.82, 2.24) is 5.32 Å². The quantitative estimate of drug-likeness (QED) is 0.708. The van der Waals surface area contributed by atoms with Crippen molar-refractivity contribution in [2.24, 2.45) is 11.7 Å². The van der Waals surface area contributed by atoms with E-state index in [2.05, 4.69) is 19.2 Å². The number of nitrogens with one attached hydrogen (secondary N) is 1. The van der Waals surface area contributed by atoms with Crippen molar-refractivity contribution in [3.8, 4) is 0 Å². The molecule has 1 rings (SSSR count). The van der Waals surface area contributed by atoms with Crippen LogP contribution in [-0.4, -0.2) is 19.0 Å². The van der Waals surface area contributed by atoms with Crippen LogP contribution in [0.5, 0.6) is 0 Å². The zero-order valence-electron chi connectivity index (χ0n) is 12.1. The lowest BCUT2D eigenvalue weighted by Gasteiger charge is -2.22. The maximum absolute atomic E-state index is 12.4. The number of hydrogen-bond acceptors (Lipinski definition) is 2. The van der Waals surface area contributed by atoms with Crippen LogP contribution in [0.4, 0.5) is 0 Å². The third-order valence-corrected chi connectivity index (χ3v) is 3.58. The molecule has 0 aliphatic rings. The fraction of sp³-hybridized carbons (Fsp3) is 0.562. The van der Waals surface area contributed by atoms with Crippen LogP contribution in [0.3, 0.4) is 0 Å². The molecule has 0 fully saturated rings. The van der Waals surface area contributed by atoms with Crippen molar-refractivity contribution in [2.45, 2.75) is 39.0 Å². The Morgan fingerprint density at radius 3 is 2.53 bits per heavy atom.